The number of nitrogens with zero attached hydrogens (tertiary/aromatic N) is 2. The molecule has 3 N–H and O–H groups in total. The highest BCUT2D eigenvalue weighted by Crippen LogP contribution is 2.49. The summed E-state index contributed by atoms with van der Waals surface area (Å²) in [5.41, 5.74) is 8.22. The molecule has 1 saturated carbocycles. The highest BCUT2D eigenvalue weighted by molar-refractivity contribution is 6.04. The van der Waals surface area contributed by atoms with Gasteiger partial charge in [-0.3, -0.25) is 9.78 Å². The van der Waals surface area contributed by atoms with Gasteiger partial charge in [0.05, 0.1) is 5.41 Å². The second-order valence-corrected chi connectivity index (χ2v) is 5.95. The summed E-state index contributed by atoms with van der Waals surface area (Å²) < 4.78 is 0. The van der Waals surface area contributed by atoms with Crippen LogP contribution in [0.1, 0.15) is 24.1 Å². The molecular formula is C19H20N4O. The molecule has 1 aliphatic rings. The number of benzene rings is 1. The average Bonchev–Trinajstić information content (AvgIpc) is 3.38. The van der Waals surface area contributed by atoms with Gasteiger partial charge in [-0.25, -0.2) is 0 Å². The third-order valence-corrected chi connectivity index (χ3v) is 4.12. The first-order chi connectivity index (χ1) is 11.6. The number of aromatic nitrogens is 1. The van der Waals surface area contributed by atoms with Gasteiger partial charge in [-0.1, -0.05) is 30.3 Å². The summed E-state index contributed by atoms with van der Waals surface area (Å²) >= 11 is 0. The molecule has 3 rings (SSSR count). The van der Waals surface area contributed by atoms with Crippen molar-refractivity contribution in [2.24, 2.45) is 10.7 Å². The number of hydrogen-bond donors (Lipinski definition) is 2. The predicted molar refractivity (Wildman–Crippen MR) is 95.7 cm³/mol. The van der Waals surface area contributed by atoms with E-state index in [4.69, 9.17) is 5.73 Å². The number of pyridine rings is 1. The molecule has 0 bridgehead atoms. The Kier molecular flexibility index (Phi) is 4.42. The van der Waals surface area contributed by atoms with Gasteiger partial charge in [0.1, 0.15) is 5.84 Å². The fourth-order valence-electron chi connectivity index (χ4n) is 2.63. The molecule has 1 aliphatic carbocycles. The van der Waals surface area contributed by atoms with Crippen molar-refractivity contribution >= 4 is 17.4 Å². The molecule has 0 radical (unpaired) electrons. The van der Waals surface area contributed by atoms with Gasteiger partial charge in [-0.05, 0) is 43.5 Å². The van der Waals surface area contributed by atoms with Crippen LogP contribution in [-0.2, 0) is 10.2 Å². The van der Waals surface area contributed by atoms with Gasteiger partial charge in [0.2, 0.25) is 0 Å². The van der Waals surface area contributed by atoms with Crippen LogP contribution in [0.5, 0.6) is 0 Å². The summed E-state index contributed by atoms with van der Waals surface area (Å²) in [6.45, 7) is 1.92. The first-order valence-corrected chi connectivity index (χ1v) is 7.90. The van der Waals surface area contributed by atoms with Crippen molar-refractivity contribution in [2.75, 3.05) is 5.32 Å². The molecular weight excluding hydrogens is 300 g/mol. The molecule has 1 amide bonds. The van der Waals surface area contributed by atoms with Gasteiger partial charge in [-0.2, -0.15) is 4.99 Å². The summed E-state index contributed by atoms with van der Waals surface area (Å²) in [6.07, 6.45) is 6.64. The van der Waals surface area contributed by atoms with E-state index >= 15 is 0 Å². The summed E-state index contributed by atoms with van der Waals surface area (Å²) in [7, 11) is 0. The number of amides is 1. The smallest absolute Gasteiger partial charge is 0.258 e. The molecule has 5 heteroatoms. The third kappa shape index (κ3) is 3.51. The monoisotopic (exact) mass is 320 g/mol. The Hall–Kier alpha value is -2.95. The molecule has 1 aromatic carbocycles. The van der Waals surface area contributed by atoms with E-state index in [2.05, 4.69) is 15.3 Å². The first-order valence-electron chi connectivity index (χ1n) is 7.90. The lowest BCUT2D eigenvalue weighted by molar-refractivity contribution is -0.120. The quantitative estimate of drug-likeness (QED) is 0.655. The van der Waals surface area contributed by atoms with Crippen molar-refractivity contribution in [1.29, 1.82) is 0 Å². The van der Waals surface area contributed by atoms with E-state index in [1.807, 2.05) is 49.4 Å². The van der Waals surface area contributed by atoms with E-state index in [-0.39, 0.29) is 11.7 Å². The van der Waals surface area contributed by atoms with Crippen LogP contribution in [0.2, 0.25) is 0 Å². The van der Waals surface area contributed by atoms with Crippen molar-refractivity contribution in [3.8, 4) is 0 Å². The largest absolute Gasteiger partial charge is 0.384 e. The molecule has 0 saturated heterocycles. The van der Waals surface area contributed by atoms with Crippen molar-refractivity contribution in [3.05, 3.63) is 72.2 Å². The van der Waals surface area contributed by atoms with E-state index in [9.17, 15) is 4.79 Å². The maximum Gasteiger partial charge on any atom is 0.258 e. The lowest BCUT2D eigenvalue weighted by atomic mass is 9.95. The number of rotatable bonds is 5. The zero-order chi connectivity index (χ0) is 17.0. The number of carbonyl (C=O) groups excluding carboxylic acids is 1. The van der Waals surface area contributed by atoms with Crippen LogP contribution < -0.4 is 11.1 Å². The SMILES string of the molecule is Cc1cc(N/C=C\C(N)=NC(=O)C2(c3ccccc3)CC2)ccn1. The molecule has 2 aromatic rings. The number of anilines is 1. The number of nitrogens with one attached hydrogen (secondary N) is 1. The summed E-state index contributed by atoms with van der Waals surface area (Å²) in [5.74, 6) is 0.0242. The Morgan fingerprint density at radius 2 is 2.04 bits per heavy atom. The first kappa shape index (κ1) is 15.9. The van der Waals surface area contributed by atoms with Gasteiger partial charge in [-0.15, -0.1) is 0 Å². The van der Waals surface area contributed by atoms with Gasteiger partial charge in [0, 0.05) is 23.8 Å². The van der Waals surface area contributed by atoms with E-state index in [1.165, 1.54) is 0 Å². The van der Waals surface area contributed by atoms with Crippen LogP contribution in [0.3, 0.4) is 0 Å². The standard InChI is InChI=1S/C19H20N4O/c1-14-13-16(7-11-21-14)22-12-8-17(20)23-18(24)19(9-10-19)15-5-3-2-4-6-15/h2-8,11-13H,9-10H2,1H3,(H,21,22)(H2,20,23,24)/b12-8-. The highest BCUT2D eigenvalue weighted by Gasteiger charge is 2.51. The average molecular weight is 320 g/mol. The fraction of sp³-hybridized carbons (Fsp3) is 0.211. The maximum absolute atomic E-state index is 12.5. The van der Waals surface area contributed by atoms with E-state index in [0.717, 1.165) is 29.8 Å². The maximum atomic E-state index is 12.5. The Labute approximate surface area is 141 Å². The van der Waals surface area contributed by atoms with Gasteiger partial charge < -0.3 is 11.1 Å². The molecule has 24 heavy (non-hydrogen) atoms. The zero-order valence-electron chi connectivity index (χ0n) is 13.6. The fourth-order valence-corrected chi connectivity index (χ4v) is 2.63. The topological polar surface area (TPSA) is 80.4 Å². The molecule has 0 aliphatic heterocycles. The normalized spacial score (nSPS) is 16.1. The van der Waals surface area contributed by atoms with Crippen LogP contribution in [0.4, 0.5) is 5.69 Å². The van der Waals surface area contributed by atoms with Crippen LogP contribution >= 0.6 is 0 Å². The van der Waals surface area contributed by atoms with Crippen LogP contribution in [0, 0.1) is 6.92 Å². The third-order valence-electron chi connectivity index (χ3n) is 4.12. The van der Waals surface area contributed by atoms with Gasteiger partial charge >= 0.3 is 0 Å². The van der Waals surface area contributed by atoms with Crippen molar-refractivity contribution in [3.63, 3.8) is 0 Å². The predicted octanol–water partition coefficient (Wildman–Crippen LogP) is 2.93. The molecule has 5 nitrogen and oxygen atoms in total. The minimum Gasteiger partial charge on any atom is -0.384 e. The number of nitrogens with two attached hydrogens (primary N) is 1. The number of aliphatic imine (C=N–C) groups is 1. The Balaban J connectivity index is 1.65. The van der Waals surface area contributed by atoms with E-state index in [1.54, 1.807) is 18.5 Å². The molecule has 0 spiro atoms. The number of hydrogen-bond acceptors (Lipinski definition) is 3. The van der Waals surface area contributed by atoms with Crippen molar-refractivity contribution in [1.82, 2.24) is 4.98 Å². The summed E-state index contributed by atoms with van der Waals surface area (Å²) in [6, 6.07) is 13.5. The summed E-state index contributed by atoms with van der Waals surface area (Å²) in [4.78, 5) is 20.7. The molecule has 0 unspecified atom stereocenters. The van der Waals surface area contributed by atoms with Crippen molar-refractivity contribution in [2.45, 2.75) is 25.2 Å². The molecule has 1 heterocycles. The Bertz CT molecular complexity index is 792. The number of aryl methyl sites for hydroxylation is 1. The van der Waals surface area contributed by atoms with Crippen LogP contribution in [-0.4, -0.2) is 16.7 Å². The van der Waals surface area contributed by atoms with Gasteiger partial charge in [0.25, 0.3) is 5.91 Å². The Morgan fingerprint density at radius 3 is 2.71 bits per heavy atom. The lowest BCUT2D eigenvalue weighted by Gasteiger charge is -2.11. The van der Waals surface area contributed by atoms with Crippen LogP contribution in [0.25, 0.3) is 0 Å². The second-order valence-electron chi connectivity index (χ2n) is 5.95. The molecule has 1 aromatic heterocycles. The minimum absolute atomic E-state index is 0.171. The lowest BCUT2D eigenvalue weighted by Crippen LogP contribution is -2.22. The van der Waals surface area contributed by atoms with Crippen molar-refractivity contribution < 1.29 is 4.79 Å². The van der Waals surface area contributed by atoms with E-state index < -0.39 is 5.41 Å². The van der Waals surface area contributed by atoms with E-state index in [0.29, 0.717) is 0 Å². The summed E-state index contributed by atoms with van der Waals surface area (Å²) in [5, 5.41) is 3.08. The van der Waals surface area contributed by atoms with Gasteiger partial charge in [0.15, 0.2) is 0 Å². The van der Waals surface area contributed by atoms with Crippen LogP contribution in [0.15, 0.2) is 65.9 Å². The minimum atomic E-state index is -0.477. The second kappa shape index (κ2) is 6.66. The number of carbonyl (C=O) groups is 1. The zero-order valence-corrected chi connectivity index (χ0v) is 13.6. The molecule has 1 fully saturated rings. The highest BCUT2D eigenvalue weighted by atomic mass is 16.1. The molecule has 0 atom stereocenters. The molecule has 122 valence electrons. The Morgan fingerprint density at radius 1 is 1.29 bits per heavy atom. The number of amidine groups is 1.